The summed E-state index contributed by atoms with van der Waals surface area (Å²) >= 11 is 0. The normalized spacial score (nSPS) is 12.0. The molecule has 0 bridgehead atoms. The molecule has 0 aromatic carbocycles. The fourth-order valence-corrected chi connectivity index (χ4v) is 2.22. The van der Waals surface area contributed by atoms with Crippen molar-refractivity contribution >= 4 is 17.0 Å². The Morgan fingerprint density at radius 1 is 1.45 bits per heavy atom. The minimum atomic E-state index is -0.0558. The fourth-order valence-electron chi connectivity index (χ4n) is 2.22. The second-order valence-electron chi connectivity index (χ2n) is 6.25. The van der Waals surface area contributed by atoms with Crippen molar-refractivity contribution in [3.05, 3.63) is 24.1 Å². The Balaban J connectivity index is 2.18. The highest BCUT2D eigenvalue weighted by atomic mass is 16.3. The van der Waals surface area contributed by atoms with Crippen LogP contribution in [-0.2, 0) is 0 Å². The van der Waals surface area contributed by atoms with Crippen LogP contribution in [0.4, 0.5) is 0 Å². The van der Waals surface area contributed by atoms with Gasteiger partial charge in [0.05, 0.1) is 11.8 Å². The predicted octanol–water partition coefficient (Wildman–Crippen LogP) is 2.63. The fraction of sp³-hybridized carbons (Fsp3) is 0.533. The van der Waals surface area contributed by atoms with E-state index in [1.165, 1.54) is 0 Å². The van der Waals surface area contributed by atoms with Gasteiger partial charge in [-0.2, -0.15) is 0 Å². The monoisotopic (exact) mass is 278 g/mol. The van der Waals surface area contributed by atoms with Crippen LogP contribution in [0.25, 0.3) is 11.1 Å². The number of fused-ring (bicyclic) bond motifs is 1. The molecule has 2 aromatic rings. The lowest BCUT2D eigenvalue weighted by Crippen LogP contribution is -2.38. The molecule has 0 aliphatic carbocycles. The molecule has 0 saturated carbocycles. The first kappa shape index (κ1) is 14.7. The minimum Gasteiger partial charge on any atom is -0.463 e. The Hall–Kier alpha value is -1.75. The third-order valence-electron chi connectivity index (χ3n) is 3.01. The number of aromatic amines is 1. The van der Waals surface area contributed by atoms with Gasteiger partial charge >= 0.3 is 0 Å². The van der Waals surface area contributed by atoms with Crippen LogP contribution in [0.3, 0.4) is 0 Å². The molecule has 2 heterocycles. The van der Waals surface area contributed by atoms with Crippen LogP contribution in [-0.4, -0.2) is 40.6 Å². The molecule has 110 valence electrons. The summed E-state index contributed by atoms with van der Waals surface area (Å²) in [6.45, 7) is 7.55. The van der Waals surface area contributed by atoms with Crippen LogP contribution < -0.4 is 0 Å². The quantitative estimate of drug-likeness (QED) is 0.883. The summed E-state index contributed by atoms with van der Waals surface area (Å²) in [5.41, 5.74) is 2.05. The summed E-state index contributed by atoms with van der Waals surface area (Å²) in [7, 11) is 0. The van der Waals surface area contributed by atoms with E-state index in [-0.39, 0.29) is 17.9 Å². The van der Waals surface area contributed by atoms with Gasteiger partial charge in [-0.05, 0) is 11.8 Å². The van der Waals surface area contributed by atoms with E-state index in [1.807, 2.05) is 0 Å². The minimum absolute atomic E-state index is 0.0108. The van der Waals surface area contributed by atoms with Gasteiger partial charge in [0.2, 0.25) is 0 Å². The molecule has 0 aliphatic rings. The molecule has 5 nitrogen and oxygen atoms in total. The van der Waals surface area contributed by atoms with Crippen molar-refractivity contribution in [2.75, 3.05) is 19.7 Å². The zero-order valence-corrected chi connectivity index (χ0v) is 12.3. The zero-order valence-electron chi connectivity index (χ0n) is 12.3. The Morgan fingerprint density at radius 2 is 2.20 bits per heavy atom. The summed E-state index contributed by atoms with van der Waals surface area (Å²) in [5, 5.41) is 8.99. The number of carbonyl (C=O) groups excluding carboxylic acids is 1. The number of aliphatic hydroxyl groups excluding tert-OH is 1. The number of carbonyl (C=O) groups is 1. The third kappa shape index (κ3) is 3.42. The number of nitrogens with one attached hydrogen (secondary N) is 1. The van der Waals surface area contributed by atoms with Crippen LogP contribution >= 0.6 is 0 Å². The molecule has 0 fully saturated rings. The van der Waals surface area contributed by atoms with E-state index in [4.69, 9.17) is 9.52 Å². The largest absolute Gasteiger partial charge is 0.463 e. The third-order valence-corrected chi connectivity index (χ3v) is 3.01. The number of hydrogen-bond acceptors (Lipinski definition) is 3. The lowest BCUT2D eigenvalue weighted by molar-refractivity contribution is 0.0677. The highest BCUT2D eigenvalue weighted by Crippen LogP contribution is 2.20. The standard InChI is InChI=1S/C15H22N2O3/c1-15(2,3)10-17(6-4-7-18)14(19)12-9-13-11(16-12)5-8-20-13/h5,8-9,16,18H,4,6-7,10H2,1-3H3. The molecule has 0 saturated heterocycles. The van der Waals surface area contributed by atoms with Gasteiger partial charge in [0.25, 0.3) is 5.91 Å². The molecular formula is C15H22N2O3. The Morgan fingerprint density at radius 3 is 2.80 bits per heavy atom. The molecule has 2 N–H and O–H groups in total. The summed E-state index contributed by atoms with van der Waals surface area (Å²) in [5.74, 6) is -0.0558. The lowest BCUT2D eigenvalue weighted by Gasteiger charge is -2.29. The van der Waals surface area contributed by atoms with Crippen molar-refractivity contribution in [3.8, 4) is 0 Å². The van der Waals surface area contributed by atoms with Gasteiger partial charge in [-0.15, -0.1) is 0 Å². The van der Waals surface area contributed by atoms with Crippen molar-refractivity contribution < 1.29 is 14.3 Å². The van der Waals surface area contributed by atoms with Crippen molar-refractivity contribution in [3.63, 3.8) is 0 Å². The number of hydrogen-bond donors (Lipinski definition) is 2. The molecule has 2 rings (SSSR count). The topological polar surface area (TPSA) is 69.5 Å². The molecule has 1 amide bonds. The van der Waals surface area contributed by atoms with Crippen molar-refractivity contribution in [2.45, 2.75) is 27.2 Å². The number of furan rings is 1. The molecule has 0 atom stereocenters. The van der Waals surface area contributed by atoms with Crippen molar-refractivity contribution in [2.24, 2.45) is 5.41 Å². The number of rotatable bonds is 5. The second kappa shape index (κ2) is 5.71. The van der Waals surface area contributed by atoms with Crippen molar-refractivity contribution in [1.29, 1.82) is 0 Å². The first-order chi connectivity index (χ1) is 9.40. The van der Waals surface area contributed by atoms with Crippen LogP contribution in [0, 0.1) is 5.41 Å². The summed E-state index contributed by atoms with van der Waals surface area (Å²) in [6.07, 6.45) is 2.17. The summed E-state index contributed by atoms with van der Waals surface area (Å²) < 4.78 is 5.27. The molecule has 20 heavy (non-hydrogen) atoms. The first-order valence-corrected chi connectivity index (χ1v) is 6.87. The molecule has 0 spiro atoms. The van der Waals surface area contributed by atoms with E-state index >= 15 is 0 Å². The highest BCUT2D eigenvalue weighted by Gasteiger charge is 2.23. The van der Waals surface area contributed by atoms with E-state index < -0.39 is 0 Å². The Kier molecular flexibility index (Phi) is 4.18. The maximum absolute atomic E-state index is 12.6. The number of aromatic nitrogens is 1. The molecule has 0 unspecified atom stereocenters. The first-order valence-electron chi connectivity index (χ1n) is 6.87. The number of nitrogens with zero attached hydrogens (tertiary/aromatic N) is 1. The van der Waals surface area contributed by atoms with Gasteiger partial charge in [-0.25, -0.2) is 0 Å². The van der Waals surface area contributed by atoms with Crippen LogP contribution in [0.5, 0.6) is 0 Å². The lowest BCUT2D eigenvalue weighted by atomic mass is 9.96. The summed E-state index contributed by atoms with van der Waals surface area (Å²) in [6, 6.07) is 3.53. The highest BCUT2D eigenvalue weighted by molar-refractivity contribution is 5.96. The van der Waals surface area contributed by atoms with Gasteiger partial charge in [0.15, 0.2) is 5.58 Å². The van der Waals surface area contributed by atoms with E-state index in [1.54, 1.807) is 23.3 Å². The SMILES string of the molecule is CC(C)(C)CN(CCCO)C(=O)c1cc2occc2[nH]1. The van der Waals surface area contributed by atoms with Gasteiger partial charge in [0, 0.05) is 31.8 Å². The van der Waals surface area contributed by atoms with Gasteiger partial charge in [0.1, 0.15) is 5.69 Å². The molecule has 5 heteroatoms. The van der Waals surface area contributed by atoms with E-state index in [2.05, 4.69) is 25.8 Å². The second-order valence-corrected chi connectivity index (χ2v) is 6.25. The average molecular weight is 278 g/mol. The smallest absolute Gasteiger partial charge is 0.270 e. The molecular weight excluding hydrogens is 256 g/mol. The van der Waals surface area contributed by atoms with E-state index in [0.29, 0.717) is 30.8 Å². The molecule has 0 radical (unpaired) electrons. The molecule has 2 aromatic heterocycles. The number of aliphatic hydroxyl groups is 1. The van der Waals surface area contributed by atoms with Gasteiger partial charge in [-0.1, -0.05) is 20.8 Å². The van der Waals surface area contributed by atoms with Gasteiger partial charge in [-0.3, -0.25) is 4.79 Å². The number of H-pyrrole nitrogens is 1. The van der Waals surface area contributed by atoms with Gasteiger partial charge < -0.3 is 19.4 Å². The number of amides is 1. The van der Waals surface area contributed by atoms with Crippen LogP contribution in [0.2, 0.25) is 0 Å². The van der Waals surface area contributed by atoms with E-state index in [0.717, 1.165) is 5.52 Å². The van der Waals surface area contributed by atoms with Crippen molar-refractivity contribution in [1.82, 2.24) is 9.88 Å². The molecule has 0 aliphatic heterocycles. The van der Waals surface area contributed by atoms with Crippen LogP contribution in [0.1, 0.15) is 37.7 Å². The average Bonchev–Trinajstić information content (AvgIpc) is 2.92. The Bertz CT molecular complexity index is 549. The summed E-state index contributed by atoms with van der Waals surface area (Å²) in [4.78, 5) is 17.4. The van der Waals surface area contributed by atoms with E-state index in [9.17, 15) is 4.79 Å². The maximum Gasteiger partial charge on any atom is 0.270 e. The Labute approximate surface area is 118 Å². The zero-order chi connectivity index (χ0) is 14.8. The maximum atomic E-state index is 12.6. The predicted molar refractivity (Wildman–Crippen MR) is 77.6 cm³/mol. The van der Waals surface area contributed by atoms with Crippen LogP contribution in [0.15, 0.2) is 22.8 Å².